The highest BCUT2D eigenvalue weighted by Crippen LogP contribution is 2.53. The van der Waals surface area contributed by atoms with E-state index in [0.29, 0.717) is 50.3 Å². The molecule has 8 heteroatoms. The Hall–Kier alpha value is -12.3. The van der Waals surface area contributed by atoms with Crippen molar-refractivity contribution in [3.05, 3.63) is 300 Å². The summed E-state index contributed by atoms with van der Waals surface area (Å²) in [6.45, 7) is 32.9. The highest BCUT2D eigenvalue weighted by atomic mass is 16.3. The molecule has 0 saturated heterocycles. The van der Waals surface area contributed by atoms with Crippen molar-refractivity contribution in [1.29, 1.82) is 0 Å². The molecular formula is C104H90BN5O2. The first-order valence-electron chi connectivity index (χ1n) is 46.6. The third kappa shape index (κ3) is 10.0. The van der Waals surface area contributed by atoms with Crippen LogP contribution in [0.15, 0.2) is 281 Å². The van der Waals surface area contributed by atoms with E-state index in [0.717, 1.165) is 88.4 Å². The standard InChI is InChI=1S/C104H90BN5O2/c1-100(2,3)63-45-50-85-77(56-63)78-57-64(101(4,5)6)46-51-86(78)108(85)88-41-25-33-74-75-34-26-42-89(98(75)112-97(74)88)109-91-54-61(62-52-65(102(7,8)9)55-66(53-62)103(10,11)12)44-48-79(91)105-80-49-47-68(106-81-36-20-16-28-69(81)70-29-17-21-37-82(70)106)60-92(80)110(94-59-67(104(13,14)15)58-93(109)95(94)105)90-43-27-35-76-73-32-24-40-87(96(73)111-99(76)90)107-83-38-22-18-30-71(83)72-31-19-23-39-84(72)107/h16-60H,1-15H3/i16D,17D,18D,19D,20D,21D,22D,23D,28D,29D,30D,31D,36D,37D,38D,39D. The first kappa shape index (κ1) is 52.8. The Morgan fingerprint density at radius 1 is 0.259 bits per heavy atom. The highest BCUT2D eigenvalue weighted by molar-refractivity contribution is 7.00. The monoisotopic (exact) mass is 1470 g/mol. The molecule has 2 aliphatic heterocycles. The number of rotatable bonds is 6. The summed E-state index contributed by atoms with van der Waals surface area (Å²) in [5.41, 5.74) is 18.0. The van der Waals surface area contributed by atoms with Crippen molar-refractivity contribution >= 4 is 167 Å². The van der Waals surface area contributed by atoms with Crippen LogP contribution in [0.5, 0.6) is 0 Å². The van der Waals surface area contributed by atoms with Crippen LogP contribution < -0.4 is 26.2 Å². The molecule has 2 aliphatic rings. The van der Waals surface area contributed by atoms with Gasteiger partial charge in [-0.15, -0.1) is 0 Å². The van der Waals surface area contributed by atoms with Crippen molar-refractivity contribution in [2.75, 3.05) is 9.80 Å². The minimum absolute atomic E-state index is 0.0626. The second-order valence-electron chi connectivity index (χ2n) is 35.8. The van der Waals surface area contributed by atoms with E-state index in [1.165, 1.54) is 26.8 Å². The Balaban J connectivity index is 0.895. The summed E-state index contributed by atoms with van der Waals surface area (Å²) >= 11 is 0. The summed E-state index contributed by atoms with van der Waals surface area (Å²) in [5.74, 6) is 0. The summed E-state index contributed by atoms with van der Waals surface area (Å²) in [5, 5.41) is 4.85. The van der Waals surface area contributed by atoms with Gasteiger partial charge in [-0.1, -0.05) is 273 Å². The van der Waals surface area contributed by atoms with Gasteiger partial charge in [-0.2, -0.15) is 0 Å². The number of hydrogen-bond acceptors (Lipinski definition) is 4. The van der Waals surface area contributed by atoms with Crippen LogP contribution >= 0.6 is 0 Å². The van der Waals surface area contributed by atoms with E-state index >= 15 is 0 Å². The largest absolute Gasteiger partial charge is 0.452 e. The smallest absolute Gasteiger partial charge is 0.252 e. The number of aromatic nitrogens is 3. The van der Waals surface area contributed by atoms with Crippen molar-refractivity contribution in [2.24, 2.45) is 0 Å². The minimum Gasteiger partial charge on any atom is -0.452 e. The number of fused-ring (bicyclic) bond motifs is 19. The van der Waals surface area contributed by atoms with Gasteiger partial charge in [-0.25, -0.2) is 0 Å². The molecule has 0 unspecified atom stereocenters. The van der Waals surface area contributed by atoms with Gasteiger partial charge in [0.05, 0.1) is 77.8 Å². The van der Waals surface area contributed by atoms with E-state index in [2.05, 4.69) is 240 Å². The summed E-state index contributed by atoms with van der Waals surface area (Å²) in [6, 6.07) is 53.4. The zero-order chi connectivity index (χ0) is 90.6. The van der Waals surface area contributed by atoms with Gasteiger partial charge in [-0.3, -0.25) is 0 Å². The normalized spacial score (nSPS) is 15.6. The molecule has 5 aromatic heterocycles. The molecule has 0 fully saturated rings. The molecule has 0 amide bonds. The average Bonchev–Trinajstić information content (AvgIpc) is 1.58. The molecule has 0 spiro atoms. The maximum atomic E-state index is 9.84. The lowest BCUT2D eigenvalue weighted by molar-refractivity contribution is 0.569. The Kier molecular flexibility index (Phi) is 11.1. The minimum atomic E-state index is -0.640. The van der Waals surface area contributed by atoms with E-state index in [-0.39, 0.29) is 76.5 Å². The fourth-order valence-electron chi connectivity index (χ4n) is 17.8. The van der Waals surface area contributed by atoms with Crippen molar-refractivity contribution in [3.63, 3.8) is 0 Å². The zero-order valence-corrected chi connectivity index (χ0v) is 65.4. The third-order valence-corrected chi connectivity index (χ3v) is 23.7. The quantitative estimate of drug-likeness (QED) is 0.156. The number of nitrogens with zero attached hydrogens (tertiary/aromatic N) is 5. The van der Waals surface area contributed by atoms with E-state index in [1.54, 1.807) is 16.7 Å². The predicted molar refractivity (Wildman–Crippen MR) is 477 cm³/mol. The van der Waals surface area contributed by atoms with E-state index in [4.69, 9.17) is 17.1 Å². The third-order valence-electron chi connectivity index (χ3n) is 23.7. The maximum absolute atomic E-state index is 9.84. The molecule has 14 aromatic carbocycles. The maximum Gasteiger partial charge on any atom is 0.252 e. The first-order valence-corrected chi connectivity index (χ1v) is 38.6. The van der Waals surface area contributed by atoms with Crippen LogP contribution in [-0.2, 0) is 27.1 Å². The van der Waals surface area contributed by atoms with Crippen LogP contribution in [0.25, 0.3) is 137 Å². The second kappa shape index (κ2) is 23.6. The van der Waals surface area contributed by atoms with Gasteiger partial charge in [0.2, 0.25) is 0 Å². The summed E-state index contributed by atoms with van der Waals surface area (Å²) in [4.78, 5) is 4.53. The van der Waals surface area contributed by atoms with E-state index < -0.39 is 109 Å². The number of benzene rings is 14. The lowest BCUT2D eigenvalue weighted by atomic mass is 9.33. The van der Waals surface area contributed by atoms with Crippen LogP contribution in [-0.4, -0.2) is 20.4 Å². The van der Waals surface area contributed by atoms with Gasteiger partial charge in [-0.05, 0) is 185 Å². The molecular weight excluding hydrogens is 1360 g/mol. The van der Waals surface area contributed by atoms with Crippen LogP contribution in [0.4, 0.5) is 34.1 Å². The predicted octanol–water partition coefficient (Wildman–Crippen LogP) is 27.0. The summed E-state index contributed by atoms with van der Waals surface area (Å²) in [7, 11) is 0. The van der Waals surface area contributed by atoms with E-state index in [9.17, 15) is 13.7 Å². The second-order valence-corrected chi connectivity index (χ2v) is 35.8. The Morgan fingerprint density at radius 2 is 0.616 bits per heavy atom. The van der Waals surface area contributed by atoms with Crippen molar-refractivity contribution in [3.8, 4) is 28.2 Å². The zero-order valence-electron chi connectivity index (χ0n) is 81.4. The summed E-state index contributed by atoms with van der Waals surface area (Å²) in [6.07, 6.45) is 0. The van der Waals surface area contributed by atoms with Gasteiger partial charge < -0.3 is 32.3 Å². The molecule has 0 atom stereocenters. The molecule has 0 aliphatic carbocycles. The lowest BCUT2D eigenvalue weighted by Gasteiger charge is -2.45. The van der Waals surface area contributed by atoms with Crippen molar-refractivity contribution in [1.82, 2.24) is 13.7 Å². The van der Waals surface area contributed by atoms with Crippen LogP contribution in [0, 0.1) is 0 Å². The Labute approximate surface area is 677 Å². The molecule has 21 rings (SSSR count). The fourth-order valence-corrected chi connectivity index (χ4v) is 17.8. The molecule has 112 heavy (non-hydrogen) atoms. The van der Waals surface area contributed by atoms with Gasteiger partial charge in [0.1, 0.15) is 0 Å². The first-order chi connectivity index (χ1) is 60.4. The van der Waals surface area contributed by atoms with Crippen LogP contribution in [0.1, 0.15) is 154 Å². The molecule has 19 aromatic rings. The van der Waals surface area contributed by atoms with Crippen LogP contribution in [0.3, 0.4) is 0 Å². The molecule has 0 N–H and O–H groups in total. The molecule has 7 heterocycles. The Morgan fingerprint density at radius 3 is 1.04 bits per heavy atom. The number of anilines is 6. The molecule has 0 bridgehead atoms. The van der Waals surface area contributed by atoms with E-state index in [1.807, 2.05) is 42.5 Å². The molecule has 0 saturated carbocycles. The number of para-hydroxylation sites is 8. The topological polar surface area (TPSA) is 47.6 Å². The van der Waals surface area contributed by atoms with Crippen LogP contribution in [0.2, 0.25) is 0 Å². The van der Waals surface area contributed by atoms with Gasteiger partial charge in [0.25, 0.3) is 6.71 Å². The number of hydrogen-bond donors (Lipinski definition) is 0. The van der Waals surface area contributed by atoms with Gasteiger partial charge in [0, 0.05) is 82.3 Å². The van der Waals surface area contributed by atoms with Crippen molar-refractivity contribution in [2.45, 2.75) is 131 Å². The lowest BCUT2D eigenvalue weighted by Crippen LogP contribution is -2.61. The van der Waals surface area contributed by atoms with Crippen molar-refractivity contribution < 1.29 is 30.8 Å². The molecule has 7 nitrogen and oxygen atoms in total. The SMILES string of the molecule is [2H]c1c([2H])c([2H])c2c(c1[2H])c1c([2H])c([2H])c([2H])c([2H])c1n2-c1ccc2c(c1)N(c1cccc3c1oc1c(-n4c5c([2H])c([2H])c([2H])c([2H])c5c5c([2H])c([2H])c([2H])c([2H])c54)cccc13)c1cc(C(C)(C)C)cc3c1B2c1ccc(-c2cc(C(C)(C)C)cc(C(C)(C)C)c2)cc1N3c1cccc2c1oc1c(-n3c4ccc(C(C)(C)C)cc4c4cc(C(C)(C)C)ccc43)cccc12. The Bertz CT molecular complexity index is 8020. The molecule has 0 radical (unpaired) electrons. The number of furan rings is 2. The van der Waals surface area contributed by atoms with Gasteiger partial charge >= 0.3 is 0 Å². The molecule has 546 valence electrons. The summed E-state index contributed by atoms with van der Waals surface area (Å²) < 4.78 is 171. The van der Waals surface area contributed by atoms with Gasteiger partial charge in [0.15, 0.2) is 22.3 Å². The highest BCUT2D eigenvalue weighted by Gasteiger charge is 2.46. The average molecular weight is 1470 g/mol. The fraction of sp³-hybridized carbons (Fsp3) is 0.192.